The molecule has 0 aliphatic heterocycles. The molecule has 1 rings (SSSR count). The minimum atomic E-state index is 0.494. The number of hydrogen-bond donors (Lipinski definition) is 0. The Bertz CT molecular complexity index is 316. The molecule has 0 N–H and O–H groups in total. The lowest BCUT2D eigenvalue weighted by molar-refractivity contribution is 0.852. The van der Waals surface area contributed by atoms with Crippen LogP contribution in [0.2, 0.25) is 0 Å². The molecule has 0 spiro atoms. The molecule has 4 nitrogen and oxygen atoms in total. The van der Waals surface area contributed by atoms with Crippen LogP contribution in [0.1, 0.15) is 12.1 Å². The summed E-state index contributed by atoms with van der Waals surface area (Å²) < 4.78 is 0. The molecule has 1 heterocycles. The van der Waals surface area contributed by atoms with Gasteiger partial charge in [0.1, 0.15) is 0 Å². The molecular weight excluding hydrogens is 164 g/mol. The van der Waals surface area contributed by atoms with Gasteiger partial charge in [-0.2, -0.15) is 5.26 Å². The number of aryl methyl sites for hydroxylation is 1. The molecule has 0 aromatic carbocycles. The maximum atomic E-state index is 8.40. The molecule has 0 amide bonds. The smallest absolute Gasteiger partial charge is 0.225 e. The van der Waals surface area contributed by atoms with Crippen molar-refractivity contribution in [3.05, 3.63) is 18.0 Å². The van der Waals surface area contributed by atoms with E-state index in [1.54, 1.807) is 6.20 Å². The van der Waals surface area contributed by atoms with E-state index in [0.29, 0.717) is 18.9 Å². The first-order chi connectivity index (χ1) is 6.24. The van der Waals surface area contributed by atoms with Crippen molar-refractivity contribution in [3.63, 3.8) is 0 Å². The molecule has 0 fully saturated rings. The van der Waals surface area contributed by atoms with E-state index in [4.69, 9.17) is 5.26 Å². The van der Waals surface area contributed by atoms with Crippen molar-refractivity contribution >= 4 is 5.95 Å². The minimum Gasteiger partial charge on any atom is -0.343 e. The lowest BCUT2D eigenvalue weighted by Gasteiger charge is -2.14. The average molecular weight is 176 g/mol. The first-order valence-electron chi connectivity index (χ1n) is 4.12. The van der Waals surface area contributed by atoms with E-state index < -0.39 is 0 Å². The van der Waals surface area contributed by atoms with Crippen LogP contribution in [0.4, 0.5) is 5.95 Å². The van der Waals surface area contributed by atoms with E-state index in [-0.39, 0.29) is 0 Å². The SMILES string of the molecule is Cc1ccnc(N(C)CCC#N)n1. The van der Waals surface area contributed by atoms with Gasteiger partial charge < -0.3 is 4.90 Å². The Kier molecular flexibility index (Phi) is 3.21. The van der Waals surface area contributed by atoms with Gasteiger partial charge in [-0.25, -0.2) is 9.97 Å². The molecule has 1 aromatic heterocycles. The summed E-state index contributed by atoms with van der Waals surface area (Å²) in [4.78, 5) is 10.2. The molecule has 0 aliphatic rings. The molecule has 0 aliphatic carbocycles. The van der Waals surface area contributed by atoms with Gasteiger partial charge >= 0.3 is 0 Å². The first-order valence-corrected chi connectivity index (χ1v) is 4.12. The van der Waals surface area contributed by atoms with Gasteiger partial charge in [0.25, 0.3) is 0 Å². The fourth-order valence-electron chi connectivity index (χ4n) is 0.937. The van der Waals surface area contributed by atoms with E-state index in [1.807, 2.05) is 24.9 Å². The fraction of sp³-hybridized carbons (Fsp3) is 0.444. The standard InChI is InChI=1S/C9H12N4/c1-8-4-6-11-9(12-8)13(2)7-3-5-10/h4,6H,3,7H2,1-2H3. The van der Waals surface area contributed by atoms with Crippen molar-refractivity contribution < 1.29 is 0 Å². The van der Waals surface area contributed by atoms with Gasteiger partial charge in [0.2, 0.25) is 5.95 Å². The highest BCUT2D eigenvalue weighted by atomic mass is 15.2. The predicted octanol–water partition coefficient (Wildman–Crippen LogP) is 1.13. The summed E-state index contributed by atoms with van der Waals surface area (Å²) in [7, 11) is 1.88. The first kappa shape index (κ1) is 9.46. The fourth-order valence-corrected chi connectivity index (χ4v) is 0.937. The van der Waals surface area contributed by atoms with Crippen LogP contribution in [0.3, 0.4) is 0 Å². The van der Waals surface area contributed by atoms with Gasteiger partial charge in [-0.3, -0.25) is 0 Å². The second-order valence-corrected chi connectivity index (χ2v) is 2.83. The molecule has 0 unspecified atom stereocenters. The van der Waals surface area contributed by atoms with Gasteiger partial charge in [0, 0.05) is 25.5 Å². The van der Waals surface area contributed by atoms with Gasteiger partial charge in [0.05, 0.1) is 12.5 Å². The van der Waals surface area contributed by atoms with E-state index in [1.165, 1.54) is 0 Å². The van der Waals surface area contributed by atoms with E-state index in [0.717, 1.165) is 5.69 Å². The molecule has 4 heteroatoms. The Morgan fingerprint density at radius 1 is 1.62 bits per heavy atom. The van der Waals surface area contributed by atoms with Crippen molar-refractivity contribution in [2.75, 3.05) is 18.5 Å². The summed E-state index contributed by atoms with van der Waals surface area (Å²) in [5, 5.41) is 8.40. The summed E-state index contributed by atoms with van der Waals surface area (Å²) in [5.41, 5.74) is 0.939. The third kappa shape index (κ3) is 2.71. The Balaban J connectivity index is 2.66. The lowest BCUT2D eigenvalue weighted by Crippen LogP contribution is -2.20. The third-order valence-corrected chi connectivity index (χ3v) is 1.68. The second kappa shape index (κ2) is 4.41. The lowest BCUT2D eigenvalue weighted by atomic mass is 10.4. The van der Waals surface area contributed by atoms with Crippen molar-refractivity contribution in [1.29, 1.82) is 5.26 Å². The van der Waals surface area contributed by atoms with Crippen LogP contribution in [-0.4, -0.2) is 23.6 Å². The number of nitrogens with zero attached hydrogens (tertiary/aromatic N) is 4. The Morgan fingerprint density at radius 3 is 3.00 bits per heavy atom. The summed E-state index contributed by atoms with van der Waals surface area (Å²) in [6.45, 7) is 2.59. The van der Waals surface area contributed by atoms with Gasteiger partial charge in [0.15, 0.2) is 0 Å². The molecule has 0 bridgehead atoms. The summed E-state index contributed by atoms with van der Waals surface area (Å²) in [6, 6.07) is 3.93. The molecular formula is C9H12N4. The van der Waals surface area contributed by atoms with Crippen molar-refractivity contribution in [1.82, 2.24) is 9.97 Å². The molecule has 0 saturated carbocycles. The highest BCUT2D eigenvalue weighted by Gasteiger charge is 2.02. The molecule has 1 aromatic rings. The van der Waals surface area contributed by atoms with Crippen LogP contribution in [0.25, 0.3) is 0 Å². The Morgan fingerprint density at radius 2 is 2.38 bits per heavy atom. The molecule has 0 atom stereocenters. The Labute approximate surface area is 77.8 Å². The Hall–Kier alpha value is -1.63. The van der Waals surface area contributed by atoms with Gasteiger partial charge in [-0.15, -0.1) is 0 Å². The van der Waals surface area contributed by atoms with Crippen LogP contribution in [0.5, 0.6) is 0 Å². The monoisotopic (exact) mass is 176 g/mol. The number of hydrogen-bond acceptors (Lipinski definition) is 4. The summed E-state index contributed by atoms with van der Waals surface area (Å²) in [6.07, 6.45) is 2.22. The molecule has 68 valence electrons. The average Bonchev–Trinajstić information content (AvgIpc) is 2.14. The zero-order chi connectivity index (χ0) is 9.68. The van der Waals surface area contributed by atoms with Crippen LogP contribution >= 0.6 is 0 Å². The van der Waals surface area contributed by atoms with E-state index in [2.05, 4.69) is 16.0 Å². The van der Waals surface area contributed by atoms with Crippen molar-refractivity contribution in [2.24, 2.45) is 0 Å². The summed E-state index contributed by atoms with van der Waals surface area (Å²) in [5.74, 6) is 0.676. The van der Waals surface area contributed by atoms with Crippen molar-refractivity contribution in [3.8, 4) is 6.07 Å². The zero-order valence-electron chi connectivity index (χ0n) is 7.86. The summed E-state index contributed by atoms with van der Waals surface area (Å²) >= 11 is 0. The molecule has 13 heavy (non-hydrogen) atoms. The minimum absolute atomic E-state index is 0.494. The quantitative estimate of drug-likeness (QED) is 0.692. The van der Waals surface area contributed by atoms with Gasteiger partial charge in [-0.05, 0) is 13.0 Å². The van der Waals surface area contributed by atoms with E-state index in [9.17, 15) is 0 Å². The highest BCUT2D eigenvalue weighted by molar-refractivity contribution is 5.28. The van der Waals surface area contributed by atoms with Crippen LogP contribution in [-0.2, 0) is 0 Å². The van der Waals surface area contributed by atoms with Gasteiger partial charge in [-0.1, -0.05) is 0 Å². The normalized spacial score (nSPS) is 9.31. The third-order valence-electron chi connectivity index (χ3n) is 1.68. The van der Waals surface area contributed by atoms with Crippen LogP contribution in [0, 0.1) is 18.3 Å². The maximum Gasteiger partial charge on any atom is 0.225 e. The predicted molar refractivity (Wildman–Crippen MR) is 50.3 cm³/mol. The largest absolute Gasteiger partial charge is 0.343 e. The maximum absolute atomic E-state index is 8.40. The second-order valence-electron chi connectivity index (χ2n) is 2.83. The molecule has 0 radical (unpaired) electrons. The van der Waals surface area contributed by atoms with Crippen LogP contribution in [0.15, 0.2) is 12.3 Å². The number of aromatic nitrogens is 2. The van der Waals surface area contributed by atoms with Crippen molar-refractivity contribution in [2.45, 2.75) is 13.3 Å². The van der Waals surface area contributed by atoms with Crippen LogP contribution < -0.4 is 4.90 Å². The van der Waals surface area contributed by atoms with E-state index >= 15 is 0 Å². The number of anilines is 1. The zero-order valence-corrected chi connectivity index (χ0v) is 7.86. The highest BCUT2D eigenvalue weighted by Crippen LogP contribution is 2.04. The number of nitriles is 1. The topological polar surface area (TPSA) is 52.8 Å². The molecule has 0 saturated heterocycles. The number of rotatable bonds is 3.